The SMILES string of the molecule is COc1cc(CNn2c(-c3ccccc3)n[nH]c2=S)c(Cl)cc1OCc1ccc(F)cc1. The number of benzene rings is 3. The quantitative estimate of drug-likeness (QED) is 0.322. The monoisotopic (exact) mass is 470 g/mol. The van der Waals surface area contributed by atoms with Crippen LogP contribution in [0.25, 0.3) is 11.4 Å². The number of H-pyrrole nitrogens is 1. The molecule has 0 saturated carbocycles. The van der Waals surface area contributed by atoms with Crippen molar-refractivity contribution in [2.45, 2.75) is 13.2 Å². The molecule has 1 heterocycles. The standard InChI is InChI=1S/C23H20ClFN4O2S/c1-30-20-11-17(19(24)12-21(20)31-14-15-7-9-18(25)10-8-15)13-26-29-22(27-28-23(29)32)16-5-3-2-4-6-16/h2-12,26H,13-14H2,1H3,(H,28,32). The molecule has 0 amide bonds. The molecule has 3 aromatic carbocycles. The van der Waals surface area contributed by atoms with Crippen LogP contribution in [0.5, 0.6) is 11.5 Å². The zero-order valence-electron chi connectivity index (χ0n) is 17.1. The summed E-state index contributed by atoms with van der Waals surface area (Å²) in [6.07, 6.45) is 0. The second kappa shape index (κ2) is 9.84. The molecule has 0 radical (unpaired) electrons. The zero-order chi connectivity index (χ0) is 22.5. The number of hydrogen-bond acceptors (Lipinski definition) is 5. The Morgan fingerprint density at radius 1 is 1.09 bits per heavy atom. The van der Waals surface area contributed by atoms with Gasteiger partial charge >= 0.3 is 0 Å². The van der Waals surface area contributed by atoms with Crippen molar-refractivity contribution < 1.29 is 13.9 Å². The molecule has 0 aliphatic rings. The van der Waals surface area contributed by atoms with Gasteiger partial charge < -0.3 is 14.9 Å². The maximum Gasteiger partial charge on any atom is 0.214 e. The first kappa shape index (κ1) is 21.9. The van der Waals surface area contributed by atoms with Gasteiger partial charge in [0, 0.05) is 16.7 Å². The molecule has 0 aliphatic heterocycles. The van der Waals surface area contributed by atoms with Crippen LogP contribution in [-0.4, -0.2) is 22.0 Å². The molecule has 0 atom stereocenters. The van der Waals surface area contributed by atoms with Crippen LogP contribution in [0, 0.1) is 10.6 Å². The molecule has 0 spiro atoms. The lowest BCUT2D eigenvalue weighted by atomic mass is 10.2. The van der Waals surface area contributed by atoms with Crippen molar-refractivity contribution in [1.29, 1.82) is 0 Å². The highest BCUT2D eigenvalue weighted by atomic mass is 35.5. The fourth-order valence-electron chi connectivity index (χ4n) is 3.12. The van der Waals surface area contributed by atoms with Crippen molar-refractivity contribution in [2.24, 2.45) is 0 Å². The van der Waals surface area contributed by atoms with E-state index < -0.39 is 0 Å². The van der Waals surface area contributed by atoms with Crippen LogP contribution in [0.1, 0.15) is 11.1 Å². The number of rotatable bonds is 8. The van der Waals surface area contributed by atoms with E-state index in [0.29, 0.717) is 33.7 Å². The second-order valence-electron chi connectivity index (χ2n) is 6.90. The predicted octanol–water partition coefficient (Wildman–Crippen LogP) is 5.73. The van der Waals surface area contributed by atoms with Crippen molar-refractivity contribution in [2.75, 3.05) is 12.5 Å². The van der Waals surface area contributed by atoms with Crippen molar-refractivity contribution in [3.05, 3.63) is 93.5 Å². The van der Waals surface area contributed by atoms with Gasteiger partial charge in [-0.3, -0.25) is 0 Å². The number of aromatic nitrogens is 3. The molecule has 4 rings (SSSR count). The minimum atomic E-state index is -0.292. The predicted molar refractivity (Wildman–Crippen MR) is 125 cm³/mol. The lowest BCUT2D eigenvalue weighted by Gasteiger charge is -2.15. The van der Waals surface area contributed by atoms with Crippen LogP contribution in [0.3, 0.4) is 0 Å². The number of nitrogens with zero attached hydrogens (tertiary/aromatic N) is 2. The maximum atomic E-state index is 13.1. The number of nitrogens with one attached hydrogen (secondary N) is 2. The zero-order valence-corrected chi connectivity index (χ0v) is 18.7. The van der Waals surface area contributed by atoms with E-state index in [2.05, 4.69) is 15.6 Å². The molecule has 4 aromatic rings. The van der Waals surface area contributed by atoms with Crippen LogP contribution >= 0.6 is 23.8 Å². The highest BCUT2D eigenvalue weighted by Crippen LogP contribution is 2.34. The number of aromatic amines is 1. The number of halogens is 2. The van der Waals surface area contributed by atoms with Crippen LogP contribution in [0.4, 0.5) is 4.39 Å². The molecular weight excluding hydrogens is 451 g/mol. The van der Waals surface area contributed by atoms with Crippen LogP contribution in [0.2, 0.25) is 5.02 Å². The highest BCUT2D eigenvalue weighted by molar-refractivity contribution is 7.71. The first-order valence-corrected chi connectivity index (χ1v) is 10.5. The van der Waals surface area contributed by atoms with Gasteiger partial charge in [-0.2, -0.15) is 5.10 Å². The molecule has 32 heavy (non-hydrogen) atoms. The molecule has 6 nitrogen and oxygen atoms in total. The Balaban J connectivity index is 1.51. The van der Waals surface area contributed by atoms with Crippen molar-refractivity contribution in [3.8, 4) is 22.9 Å². The van der Waals surface area contributed by atoms with E-state index in [1.165, 1.54) is 12.1 Å². The van der Waals surface area contributed by atoms with E-state index in [9.17, 15) is 4.39 Å². The van der Waals surface area contributed by atoms with E-state index in [-0.39, 0.29) is 12.4 Å². The van der Waals surface area contributed by atoms with E-state index in [1.807, 2.05) is 30.3 Å². The molecular formula is C23H20ClFN4O2S. The summed E-state index contributed by atoms with van der Waals surface area (Å²) in [5.41, 5.74) is 5.79. The van der Waals surface area contributed by atoms with Gasteiger partial charge in [-0.05, 0) is 41.5 Å². The minimum Gasteiger partial charge on any atom is -0.493 e. The number of hydrogen-bond donors (Lipinski definition) is 2. The Labute approximate surface area is 194 Å². The summed E-state index contributed by atoms with van der Waals surface area (Å²) >= 11 is 11.9. The third-order valence-electron chi connectivity index (χ3n) is 4.77. The first-order chi connectivity index (χ1) is 15.5. The molecule has 2 N–H and O–H groups in total. The average Bonchev–Trinajstić information content (AvgIpc) is 3.18. The van der Waals surface area contributed by atoms with E-state index in [1.54, 1.807) is 36.1 Å². The highest BCUT2D eigenvalue weighted by Gasteiger charge is 2.13. The van der Waals surface area contributed by atoms with Crippen LogP contribution in [0.15, 0.2) is 66.7 Å². The van der Waals surface area contributed by atoms with Gasteiger partial charge in [0.25, 0.3) is 0 Å². The van der Waals surface area contributed by atoms with Gasteiger partial charge in [0.1, 0.15) is 12.4 Å². The van der Waals surface area contributed by atoms with Gasteiger partial charge in [-0.15, -0.1) is 0 Å². The van der Waals surface area contributed by atoms with Crippen LogP contribution in [-0.2, 0) is 13.2 Å². The van der Waals surface area contributed by atoms with E-state index in [4.69, 9.17) is 33.3 Å². The molecule has 9 heteroatoms. The van der Waals surface area contributed by atoms with Gasteiger partial charge in [-0.25, -0.2) is 14.2 Å². The summed E-state index contributed by atoms with van der Waals surface area (Å²) in [6, 6.07) is 19.3. The number of methoxy groups -OCH3 is 1. The molecule has 1 aromatic heterocycles. The van der Waals surface area contributed by atoms with Gasteiger partial charge in [0.15, 0.2) is 17.3 Å². The van der Waals surface area contributed by atoms with Crippen molar-refractivity contribution in [1.82, 2.24) is 14.9 Å². The Kier molecular flexibility index (Phi) is 6.72. The smallest absolute Gasteiger partial charge is 0.214 e. The third kappa shape index (κ3) is 4.92. The first-order valence-electron chi connectivity index (χ1n) is 9.75. The Hall–Kier alpha value is -3.36. The van der Waals surface area contributed by atoms with Gasteiger partial charge in [-0.1, -0.05) is 54.1 Å². The molecule has 164 valence electrons. The van der Waals surface area contributed by atoms with E-state index in [0.717, 1.165) is 16.7 Å². The third-order valence-corrected chi connectivity index (χ3v) is 5.40. The minimum absolute atomic E-state index is 0.259. The Morgan fingerprint density at radius 2 is 1.84 bits per heavy atom. The largest absolute Gasteiger partial charge is 0.493 e. The molecule has 0 saturated heterocycles. The summed E-state index contributed by atoms with van der Waals surface area (Å²) in [4.78, 5) is 0. The van der Waals surface area contributed by atoms with Crippen molar-refractivity contribution >= 4 is 23.8 Å². The van der Waals surface area contributed by atoms with Gasteiger partial charge in [0.2, 0.25) is 4.77 Å². The topological polar surface area (TPSA) is 64.1 Å². The van der Waals surface area contributed by atoms with Crippen LogP contribution < -0.4 is 14.9 Å². The fraction of sp³-hybridized carbons (Fsp3) is 0.130. The fourth-order valence-corrected chi connectivity index (χ4v) is 3.53. The summed E-state index contributed by atoms with van der Waals surface area (Å²) in [5, 5.41) is 7.62. The Morgan fingerprint density at radius 3 is 2.56 bits per heavy atom. The summed E-state index contributed by atoms with van der Waals surface area (Å²) < 4.78 is 26.6. The lowest BCUT2D eigenvalue weighted by molar-refractivity contribution is 0.284. The summed E-state index contributed by atoms with van der Waals surface area (Å²) in [5.74, 6) is 1.40. The maximum absolute atomic E-state index is 13.1. The normalized spacial score (nSPS) is 10.7. The van der Waals surface area contributed by atoms with Crippen molar-refractivity contribution in [3.63, 3.8) is 0 Å². The molecule has 0 bridgehead atoms. The van der Waals surface area contributed by atoms with Gasteiger partial charge in [0.05, 0.1) is 13.7 Å². The summed E-state index contributed by atoms with van der Waals surface area (Å²) in [7, 11) is 1.56. The molecule has 0 aliphatic carbocycles. The summed E-state index contributed by atoms with van der Waals surface area (Å²) in [6.45, 7) is 0.635. The average molecular weight is 471 g/mol. The lowest BCUT2D eigenvalue weighted by Crippen LogP contribution is -2.16. The van der Waals surface area contributed by atoms with E-state index >= 15 is 0 Å². The molecule has 0 unspecified atom stereocenters. The Bertz CT molecular complexity index is 1260. The number of ether oxygens (including phenoxy) is 2. The molecule has 0 fully saturated rings. The second-order valence-corrected chi connectivity index (χ2v) is 7.69.